The van der Waals surface area contributed by atoms with Crippen LogP contribution in [0.1, 0.15) is 208 Å². The number of nitrogens with one attached hydrogen (secondary N) is 18. The number of carboxylic acids is 3. The lowest BCUT2D eigenvalue weighted by molar-refractivity contribution is -0.148. The van der Waals surface area contributed by atoms with Crippen LogP contribution in [0.3, 0.4) is 0 Å². The van der Waals surface area contributed by atoms with E-state index in [0.29, 0.717) is 31.2 Å². The highest BCUT2D eigenvalue weighted by molar-refractivity contribution is 6.03. The van der Waals surface area contributed by atoms with Crippen molar-refractivity contribution in [3.63, 3.8) is 0 Å². The number of hydrogen-bond donors (Lipinski definition) is 28. The van der Waals surface area contributed by atoms with E-state index < -0.39 is 302 Å². The Bertz CT molecular complexity index is 4960. The van der Waals surface area contributed by atoms with Crippen LogP contribution in [0.2, 0.25) is 0 Å². The second kappa shape index (κ2) is 60.3. The molecule has 0 aliphatic carbocycles. The topological polar surface area (TPSA) is 861 Å². The molecule has 6 saturated heterocycles. The number of carboxylic acid groups (broad SMARTS) is 3. The van der Waals surface area contributed by atoms with E-state index in [1.54, 1.807) is 41.5 Å². The number of phenols is 1. The maximum absolute atomic E-state index is 15.1. The number of nitrogens with zero attached hydrogens (tertiary/aromatic N) is 6. The fraction of sp³-hybridized carbons (Fsp3) is 0.684. The van der Waals surface area contributed by atoms with Gasteiger partial charge in [0.25, 0.3) is 0 Å². The van der Waals surface area contributed by atoms with Crippen molar-refractivity contribution >= 4 is 142 Å². The van der Waals surface area contributed by atoms with Crippen LogP contribution < -0.4 is 108 Å². The number of guanidine groups is 3. The summed E-state index contributed by atoms with van der Waals surface area (Å²) in [6.45, 7) is 7.33. The summed E-state index contributed by atoms with van der Waals surface area (Å²) in [4.78, 5) is 302. The van der Waals surface area contributed by atoms with Gasteiger partial charge >= 0.3 is 17.9 Å². The number of nitrogens with two attached hydrogens (primary N) is 5. The Labute approximate surface area is 868 Å². The van der Waals surface area contributed by atoms with E-state index >= 15 is 9.59 Å². The number of benzene rings is 1. The van der Waals surface area contributed by atoms with Gasteiger partial charge in [-0.3, -0.25) is 112 Å². The van der Waals surface area contributed by atoms with Crippen molar-refractivity contribution in [2.24, 2.45) is 46.4 Å². The Morgan fingerprint density at radius 2 is 0.680 bits per heavy atom. The van der Waals surface area contributed by atoms with Crippen LogP contribution in [0.25, 0.3) is 0 Å². The molecule has 17 atom stereocenters. The zero-order chi connectivity index (χ0) is 111. The molecule has 0 unspecified atom stereocenters. The van der Waals surface area contributed by atoms with Gasteiger partial charge in [-0.2, -0.15) is 0 Å². The van der Waals surface area contributed by atoms with Crippen LogP contribution in [0.4, 0.5) is 0 Å². The minimum atomic E-state index is -1.76. The molecule has 0 saturated carbocycles. The van der Waals surface area contributed by atoms with Crippen LogP contribution in [0.5, 0.6) is 5.75 Å². The fourth-order valence-electron chi connectivity index (χ4n) is 19.1. The van der Waals surface area contributed by atoms with Gasteiger partial charge in [-0.05, 0) is 196 Å². The zero-order valence-electron chi connectivity index (χ0n) is 85.8. The third kappa shape index (κ3) is 37.1. The number of aliphatic carboxylic acids is 3. The molecule has 834 valence electrons. The molecule has 55 nitrogen and oxygen atoms in total. The van der Waals surface area contributed by atoms with Gasteiger partial charge < -0.3 is 163 Å². The minimum Gasteiger partial charge on any atom is -0.508 e. The Kier molecular flexibility index (Phi) is 49.2. The first-order valence-electron chi connectivity index (χ1n) is 51.2. The molecule has 0 aromatic heterocycles. The standard InChI is InChI=1S/C95H153N29O26/c1-50(2)73(85(142)118-74(51(3)4)91(148)123-44-16-26-67(123)84(141)115-61(21-11-39-106-95(102)103)88(145)121-42-14-24-65(121)83(140)114-60(20-10-38-105-94(100)101)87(144)120-41-13-23-64(120)81(138)108-48-70(128)116-75(52(5)6)92(149)150)117-79(136)58(33-35-72(131)132)111-77(134)56(19-9-37-104-93(98)99)112-82(139)66-25-15-43-122(66)90(147)68-27-17-45-124(68)89(146)62(49-125)109-69(127)47-107-80(137)63-22-12-40-119(63)86(143)59(18-7-8-36-96)113-78(135)57(32-34-71(129)130)110-76(133)55(97)46-53-28-30-54(126)31-29-53/h28-31,50-52,55-68,73-75,125-126H,7-27,32-49,96-97H2,1-6H3,(H,107,137)(H,108,138)(H,109,127)(H,110,133)(H,111,134)(H,112,139)(H,113,135)(H,114,140)(H,115,141)(H,116,128)(H,117,136)(H,118,142)(H,129,130)(H,131,132)(H,149,150)(H4,98,99,104)(H4,100,101,105)(H4,102,103,106)/t55-,56-,57-,58-,59-,60-,61-,62-,63-,64-,65-,66-,67-,68-,73-,74-,75-/m0/s1. The lowest BCUT2D eigenvalue weighted by Crippen LogP contribution is -2.62. The predicted molar refractivity (Wildman–Crippen MR) is 537 cm³/mol. The molecule has 6 fully saturated rings. The monoisotopic (exact) mass is 2120 g/mol. The van der Waals surface area contributed by atoms with E-state index in [-0.39, 0.29) is 193 Å². The summed E-state index contributed by atoms with van der Waals surface area (Å²) in [7, 11) is 0. The van der Waals surface area contributed by atoms with Crippen molar-refractivity contribution in [2.45, 2.75) is 311 Å². The number of amides is 18. The van der Waals surface area contributed by atoms with Crippen molar-refractivity contribution in [1.29, 1.82) is 16.2 Å². The summed E-state index contributed by atoms with van der Waals surface area (Å²) in [6, 6.07) is -17.5. The summed E-state index contributed by atoms with van der Waals surface area (Å²) >= 11 is 0. The summed E-state index contributed by atoms with van der Waals surface area (Å²) in [5.74, 6) is -22.3. The van der Waals surface area contributed by atoms with Crippen LogP contribution in [-0.2, 0) is 107 Å². The number of carbonyl (C=O) groups is 21. The van der Waals surface area contributed by atoms with Crippen molar-refractivity contribution in [3.05, 3.63) is 29.8 Å². The summed E-state index contributed by atoms with van der Waals surface area (Å²) in [5.41, 5.74) is 29.2. The molecule has 7 rings (SSSR count). The van der Waals surface area contributed by atoms with Gasteiger partial charge in [0.2, 0.25) is 106 Å². The Balaban J connectivity index is 0.985. The van der Waals surface area contributed by atoms with Gasteiger partial charge in [0, 0.05) is 71.7 Å². The number of rotatable bonds is 59. The molecule has 6 aliphatic heterocycles. The van der Waals surface area contributed by atoms with Crippen LogP contribution in [0, 0.1) is 34.0 Å². The number of unbranched alkanes of at least 4 members (excludes halogenated alkanes) is 1. The highest BCUT2D eigenvalue weighted by Gasteiger charge is 2.49. The molecule has 150 heavy (non-hydrogen) atoms. The second-order valence-corrected chi connectivity index (χ2v) is 39.4. The number of carbonyl (C=O) groups excluding carboxylic acids is 18. The second-order valence-electron chi connectivity index (χ2n) is 39.4. The molecule has 1 aromatic carbocycles. The summed E-state index contributed by atoms with van der Waals surface area (Å²) in [5, 5.41) is 111. The first kappa shape index (κ1) is 123. The average Bonchev–Trinajstić information content (AvgIpc) is 1.65. The van der Waals surface area contributed by atoms with Gasteiger partial charge in [-0.15, -0.1) is 0 Å². The van der Waals surface area contributed by atoms with E-state index in [4.69, 9.17) is 44.9 Å². The minimum absolute atomic E-state index is 0.000406. The van der Waals surface area contributed by atoms with Gasteiger partial charge in [-0.1, -0.05) is 53.7 Å². The highest BCUT2D eigenvalue weighted by Crippen LogP contribution is 2.30. The van der Waals surface area contributed by atoms with Gasteiger partial charge in [0.15, 0.2) is 17.9 Å². The molecule has 55 heteroatoms. The molecule has 6 heterocycles. The number of likely N-dealkylation sites (tertiary alicyclic amines) is 6. The maximum Gasteiger partial charge on any atom is 0.326 e. The smallest absolute Gasteiger partial charge is 0.326 e. The van der Waals surface area contributed by atoms with E-state index in [9.17, 15) is 117 Å². The molecule has 6 aliphatic rings. The molecule has 0 bridgehead atoms. The molecule has 33 N–H and O–H groups in total. The van der Waals surface area contributed by atoms with E-state index in [1.165, 1.54) is 48.8 Å². The van der Waals surface area contributed by atoms with Crippen LogP contribution >= 0.6 is 0 Å². The summed E-state index contributed by atoms with van der Waals surface area (Å²) < 4.78 is 0. The average molecular weight is 2120 g/mol. The first-order valence-corrected chi connectivity index (χ1v) is 51.2. The summed E-state index contributed by atoms with van der Waals surface area (Å²) in [6.07, 6.45) is 0.411. The van der Waals surface area contributed by atoms with Crippen molar-refractivity contribution < 1.29 is 126 Å². The SMILES string of the molecule is CC(C)[C@H](NC(=O)CNC(=O)[C@@H]1CCCN1C(=O)[C@H](CCCNC(=N)N)NC(=O)[C@@H]1CCCN1C(=O)[C@H](CCCNC(=N)N)NC(=O)[C@@H]1CCCN1C(=O)[C@@H](NC(=O)[C@@H](NC(=O)[C@H](CCC(=O)O)NC(=O)[C@H](CCCNC(=N)N)NC(=O)[C@@H]1CCCN1C(=O)[C@@H]1CCCN1C(=O)[C@H](CO)NC(=O)CNC(=O)[C@@H]1CCCN1C(=O)[C@H](CCCCN)NC(=O)[C@H](CCC(=O)O)NC(=O)[C@@H](N)Cc1ccc(O)cc1)C(C)C)C(C)C)C(=O)O. The van der Waals surface area contributed by atoms with Crippen LogP contribution in [-0.4, -0.2) is 385 Å². The van der Waals surface area contributed by atoms with Gasteiger partial charge in [0.05, 0.1) is 25.7 Å². The van der Waals surface area contributed by atoms with E-state index in [0.717, 1.165) is 4.90 Å². The number of aliphatic hydroxyl groups excluding tert-OH is 1. The van der Waals surface area contributed by atoms with E-state index in [2.05, 4.69) is 79.8 Å². The van der Waals surface area contributed by atoms with Crippen molar-refractivity contribution in [3.8, 4) is 5.75 Å². The molecular weight excluding hydrogens is 1960 g/mol. The quantitative estimate of drug-likeness (QED) is 0.0164. The Morgan fingerprint density at radius 3 is 1.08 bits per heavy atom. The largest absolute Gasteiger partial charge is 0.508 e. The van der Waals surface area contributed by atoms with Gasteiger partial charge in [-0.25, -0.2) is 4.79 Å². The van der Waals surface area contributed by atoms with Crippen LogP contribution in [0.15, 0.2) is 24.3 Å². The molecule has 0 spiro atoms. The lowest BCUT2D eigenvalue weighted by Gasteiger charge is -2.34. The van der Waals surface area contributed by atoms with Gasteiger partial charge in [0.1, 0.15) is 102 Å². The van der Waals surface area contributed by atoms with Crippen molar-refractivity contribution in [1.82, 2.24) is 109 Å². The Morgan fingerprint density at radius 1 is 0.353 bits per heavy atom. The first-order chi connectivity index (χ1) is 71.1. The fourth-order valence-corrected chi connectivity index (χ4v) is 19.1. The predicted octanol–water partition coefficient (Wildman–Crippen LogP) is -8.02. The normalized spacial score (nSPS) is 19.5. The number of aliphatic hydroxyl groups is 1. The van der Waals surface area contributed by atoms with E-state index in [1.807, 2.05) is 0 Å². The van der Waals surface area contributed by atoms with Crippen molar-refractivity contribution in [2.75, 3.05) is 85.1 Å². The number of aromatic hydroxyl groups is 1. The Hall–Kier alpha value is -14.4. The molecule has 1 aromatic rings. The zero-order valence-corrected chi connectivity index (χ0v) is 85.8. The molecule has 0 radical (unpaired) electrons. The maximum atomic E-state index is 15.1. The lowest BCUT2D eigenvalue weighted by atomic mass is 9.98. The molecular formula is C95H153N29O26. The highest BCUT2D eigenvalue weighted by atomic mass is 16.4. The number of phenolic OH excluding ortho intramolecular Hbond substituents is 1. The molecule has 18 amide bonds. The number of hydrogen-bond acceptors (Lipinski definition) is 28. The third-order valence-corrected chi connectivity index (χ3v) is 27.1. The third-order valence-electron chi connectivity index (χ3n) is 27.1.